The summed E-state index contributed by atoms with van der Waals surface area (Å²) in [6.07, 6.45) is 0.381. The number of halogens is 2. The molecule has 3 rings (SSSR count). The molecule has 29 heavy (non-hydrogen) atoms. The van der Waals surface area contributed by atoms with Crippen LogP contribution in [0.5, 0.6) is 0 Å². The fourth-order valence-corrected chi connectivity index (χ4v) is 3.20. The van der Waals surface area contributed by atoms with Crippen molar-refractivity contribution in [2.45, 2.75) is 12.8 Å². The molecule has 0 unspecified atom stereocenters. The second-order valence-electron chi connectivity index (χ2n) is 6.51. The van der Waals surface area contributed by atoms with Crippen LogP contribution in [0.25, 0.3) is 0 Å². The van der Waals surface area contributed by atoms with Gasteiger partial charge in [0, 0.05) is 31.1 Å². The van der Waals surface area contributed by atoms with Crippen LogP contribution in [0.4, 0.5) is 11.4 Å². The Labute approximate surface area is 177 Å². The van der Waals surface area contributed by atoms with Crippen LogP contribution in [0.1, 0.15) is 23.2 Å². The standard InChI is InChI=1S/C20H17Cl2N3O4/c1-24(11-17(26)23-13-4-7-15(21)16(22)10-13)20(29)12-2-5-14(6-3-12)25-18(27)8-9-19(25)28/h2-7,10H,8-9,11H2,1H3,(H,23,26). The number of rotatable bonds is 5. The molecule has 0 bridgehead atoms. The van der Waals surface area contributed by atoms with Gasteiger partial charge in [-0.05, 0) is 42.5 Å². The van der Waals surface area contributed by atoms with Gasteiger partial charge in [0.15, 0.2) is 0 Å². The van der Waals surface area contributed by atoms with E-state index in [4.69, 9.17) is 23.2 Å². The van der Waals surface area contributed by atoms with E-state index >= 15 is 0 Å². The number of nitrogens with zero attached hydrogens (tertiary/aromatic N) is 2. The number of likely N-dealkylation sites (N-methyl/N-ethyl adjacent to an activating group) is 1. The van der Waals surface area contributed by atoms with Gasteiger partial charge in [0.1, 0.15) is 0 Å². The first kappa shape index (κ1) is 20.8. The van der Waals surface area contributed by atoms with Crippen molar-refractivity contribution < 1.29 is 19.2 Å². The molecule has 7 nitrogen and oxygen atoms in total. The van der Waals surface area contributed by atoms with Crippen molar-refractivity contribution in [2.24, 2.45) is 0 Å². The zero-order chi connectivity index (χ0) is 21.1. The molecule has 0 radical (unpaired) electrons. The van der Waals surface area contributed by atoms with Gasteiger partial charge in [0.25, 0.3) is 5.91 Å². The van der Waals surface area contributed by atoms with Gasteiger partial charge in [-0.3, -0.25) is 24.1 Å². The third-order valence-corrected chi connectivity index (χ3v) is 5.09. The largest absolute Gasteiger partial charge is 0.332 e. The highest BCUT2D eigenvalue weighted by molar-refractivity contribution is 6.42. The molecule has 0 spiro atoms. The minimum Gasteiger partial charge on any atom is -0.332 e. The summed E-state index contributed by atoms with van der Waals surface area (Å²) in [4.78, 5) is 50.7. The number of amides is 4. The van der Waals surface area contributed by atoms with Gasteiger partial charge in [-0.1, -0.05) is 23.2 Å². The van der Waals surface area contributed by atoms with E-state index in [1.165, 1.54) is 42.3 Å². The van der Waals surface area contributed by atoms with Gasteiger partial charge in [-0.2, -0.15) is 0 Å². The molecule has 1 heterocycles. The maximum Gasteiger partial charge on any atom is 0.254 e. The SMILES string of the molecule is CN(CC(=O)Nc1ccc(Cl)c(Cl)c1)C(=O)c1ccc(N2C(=O)CCC2=O)cc1. The first-order valence-corrected chi connectivity index (χ1v) is 9.48. The van der Waals surface area contributed by atoms with Crippen molar-refractivity contribution in [1.82, 2.24) is 4.90 Å². The fraction of sp³-hybridized carbons (Fsp3) is 0.200. The number of anilines is 2. The van der Waals surface area contributed by atoms with Crippen LogP contribution >= 0.6 is 23.2 Å². The molecule has 1 aliphatic rings. The second kappa shape index (κ2) is 8.63. The monoisotopic (exact) mass is 433 g/mol. The van der Waals surface area contributed by atoms with Crippen LogP contribution in [0.15, 0.2) is 42.5 Å². The topological polar surface area (TPSA) is 86.8 Å². The van der Waals surface area contributed by atoms with Crippen molar-refractivity contribution in [1.29, 1.82) is 0 Å². The van der Waals surface area contributed by atoms with E-state index in [0.717, 1.165) is 4.90 Å². The van der Waals surface area contributed by atoms with Crippen LogP contribution in [0.2, 0.25) is 10.0 Å². The van der Waals surface area contributed by atoms with Gasteiger partial charge in [-0.25, -0.2) is 0 Å². The third-order valence-electron chi connectivity index (χ3n) is 4.35. The summed E-state index contributed by atoms with van der Waals surface area (Å²) < 4.78 is 0. The number of carbonyl (C=O) groups excluding carboxylic acids is 4. The number of carbonyl (C=O) groups is 4. The molecule has 1 aliphatic heterocycles. The zero-order valence-corrected chi connectivity index (χ0v) is 17.0. The van der Waals surface area contributed by atoms with E-state index in [1.807, 2.05) is 0 Å². The molecule has 1 N–H and O–H groups in total. The molecule has 1 fully saturated rings. The molecular weight excluding hydrogens is 417 g/mol. The Hall–Kier alpha value is -2.90. The van der Waals surface area contributed by atoms with Crippen molar-refractivity contribution in [3.8, 4) is 0 Å². The lowest BCUT2D eigenvalue weighted by Gasteiger charge is -2.18. The van der Waals surface area contributed by atoms with Crippen molar-refractivity contribution in [2.75, 3.05) is 23.8 Å². The van der Waals surface area contributed by atoms with Crippen LogP contribution in [0, 0.1) is 0 Å². The lowest BCUT2D eigenvalue weighted by Crippen LogP contribution is -2.35. The zero-order valence-electron chi connectivity index (χ0n) is 15.4. The fourth-order valence-electron chi connectivity index (χ4n) is 2.90. The average molecular weight is 434 g/mol. The summed E-state index contributed by atoms with van der Waals surface area (Å²) in [5, 5.41) is 3.33. The van der Waals surface area contributed by atoms with Crippen LogP contribution in [0.3, 0.4) is 0 Å². The number of imide groups is 1. The number of hydrogen-bond acceptors (Lipinski definition) is 4. The predicted octanol–water partition coefficient (Wildman–Crippen LogP) is 3.36. The lowest BCUT2D eigenvalue weighted by atomic mass is 10.1. The van der Waals surface area contributed by atoms with E-state index < -0.39 is 5.91 Å². The molecule has 0 aromatic heterocycles. The van der Waals surface area contributed by atoms with Gasteiger partial charge < -0.3 is 10.2 Å². The Kier molecular flexibility index (Phi) is 6.20. The highest BCUT2D eigenvalue weighted by Gasteiger charge is 2.30. The molecule has 4 amide bonds. The summed E-state index contributed by atoms with van der Waals surface area (Å²) >= 11 is 11.8. The van der Waals surface area contributed by atoms with E-state index in [-0.39, 0.29) is 37.1 Å². The molecule has 150 valence electrons. The summed E-state index contributed by atoms with van der Waals surface area (Å²) in [7, 11) is 1.50. The molecule has 0 saturated carbocycles. The van der Waals surface area contributed by atoms with Gasteiger partial charge in [-0.15, -0.1) is 0 Å². The molecular formula is C20H17Cl2N3O4. The maximum atomic E-state index is 12.6. The summed E-state index contributed by atoms with van der Waals surface area (Å²) in [6.45, 7) is -0.177. The van der Waals surface area contributed by atoms with Crippen molar-refractivity contribution in [3.63, 3.8) is 0 Å². The smallest absolute Gasteiger partial charge is 0.254 e. The summed E-state index contributed by atoms with van der Waals surface area (Å²) in [6, 6.07) is 10.8. The first-order chi connectivity index (χ1) is 13.8. The van der Waals surface area contributed by atoms with E-state index in [1.54, 1.807) is 12.1 Å². The summed E-state index contributed by atoms with van der Waals surface area (Å²) in [5.74, 6) is -1.29. The Morgan fingerprint density at radius 3 is 2.21 bits per heavy atom. The van der Waals surface area contributed by atoms with E-state index in [9.17, 15) is 19.2 Å². The van der Waals surface area contributed by atoms with E-state index in [0.29, 0.717) is 27.0 Å². The molecule has 0 aliphatic carbocycles. The average Bonchev–Trinajstić information content (AvgIpc) is 3.02. The normalized spacial score (nSPS) is 13.6. The highest BCUT2D eigenvalue weighted by atomic mass is 35.5. The second-order valence-corrected chi connectivity index (χ2v) is 7.32. The molecule has 1 saturated heterocycles. The van der Waals surface area contributed by atoms with Crippen LogP contribution in [-0.2, 0) is 14.4 Å². The number of hydrogen-bond donors (Lipinski definition) is 1. The predicted molar refractivity (Wildman–Crippen MR) is 110 cm³/mol. The quantitative estimate of drug-likeness (QED) is 0.732. The Morgan fingerprint density at radius 1 is 1.00 bits per heavy atom. The Bertz CT molecular complexity index is 976. The van der Waals surface area contributed by atoms with Crippen LogP contribution in [-0.4, -0.2) is 42.1 Å². The first-order valence-electron chi connectivity index (χ1n) is 8.72. The Morgan fingerprint density at radius 2 is 1.62 bits per heavy atom. The molecule has 0 atom stereocenters. The Balaban J connectivity index is 1.62. The summed E-state index contributed by atoms with van der Waals surface area (Å²) in [5.41, 5.74) is 1.22. The minimum absolute atomic E-state index is 0.177. The van der Waals surface area contributed by atoms with Gasteiger partial charge >= 0.3 is 0 Å². The number of benzene rings is 2. The molecule has 9 heteroatoms. The third kappa shape index (κ3) is 4.75. The molecule has 2 aromatic rings. The minimum atomic E-state index is -0.399. The van der Waals surface area contributed by atoms with Gasteiger partial charge in [0.2, 0.25) is 17.7 Å². The van der Waals surface area contributed by atoms with E-state index in [2.05, 4.69) is 5.32 Å². The lowest BCUT2D eigenvalue weighted by molar-refractivity contribution is -0.121. The molecule has 2 aromatic carbocycles. The van der Waals surface area contributed by atoms with Crippen molar-refractivity contribution >= 4 is 58.2 Å². The van der Waals surface area contributed by atoms with Crippen molar-refractivity contribution in [3.05, 3.63) is 58.1 Å². The van der Waals surface area contributed by atoms with Gasteiger partial charge in [0.05, 0.1) is 22.3 Å². The number of nitrogens with one attached hydrogen (secondary N) is 1. The van der Waals surface area contributed by atoms with Crippen LogP contribution < -0.4 is 10.2 Å². The maximum absolute atomic E-state index is 12.6. The highest BCUT2D eigenvalue weighted by Crippen LogP contribution is 2.25.